The molecule has 1 aliphatic rings. The van der Waals surface area contributed by atoms with Gasteiger partial charge in [0.25, 0.3) is 0 Å². The summed E-state index contributed by atoms with van der Waals surface area (Å²) < 4.78 is 5.38. The molecule has 0 saturated carbocycles. The first-order chi connectivity index (χ1) is 8.16. The van der Waals surface area contributed by atoms with E-state index >= 15 is 0 Å². The summed E-state index contributed by atoms with van der Waals surface area (Å²) in [5.41, 5.74) is 8.87. The van der Waals surface area contributed by atoms with Gasteiger partial charge in [-0.15, -0.1) is 11.8 Å². The Kier molecular flexibility index (Phi) is 4.48. The zero-order valence-corrected chi connectivity index (χ0v) is 11.4. The summed E-state index contributed by atoms with van der Waals surface area (Å²) in [6, 6.07) is 6.84. The Morgan fingerprint density at radius 1 is 1.47 bits per heavy atom. The molecule has 2 nitrogen and oxygen atoms in total. The van der Waals surface area contributed by atoms with Crippen molar-refractivity contribution in [2.24, 2.45) is 11.7 Å². The van der Waals surface area contributed by atoms with Crippen molar-refractivity contribution in [3.8, 4) is 0 Å². The molecule has 2 N–H and O–H groups in total. The highest BCUT2D eigenvalue weighted by Crippen LogP contribution is 2.26. The van der Waals surface area contributed by atoms with Crippen molar-refractivity contribution in [2.45, 2.75) is 31.2 Å². The Bertz CT molecular complexity index is 374. The van der Waals surface area contributed by atoms with E-state index in [1.165, 1.54) is 16.0 Å². The lowest BCUT2D eigenvalue weighted by Gasteiger charge is -2.17. The van der Waals surface area contributed by atoms with Gasteiger partial charge in [-0.05, 0) is 31.9 Å². The van der Waals surface area contributed by atoms with Crippen LogP contribution in [0, 0.1) is 19.8 Å². The van der Waals surface area contributed by atoms with Crippen LogP contribution in [0.5, 0.6) is 0 Å². The number of rotatable bonds is 4. The van der Waals surface area contributed by atoms with Gasteiger partial charge >= 0.3 is 0 Å². The summed E-state index contributed by atoms with van der Waals surface area (Å²) >= 11 is 1.88. The number of nitrogens with two attached hydrogens (primary N) is 1. The van der Waals surface area contributed by atoms with Crippen molar-refractivity contribution in [3.63, 3.8) is 0 Å². The Labute approximate surface area is 108 Å². The third-order valence-electron chi connectivity index (χ3n) is 3.35. The van der Waals surface area contributed by atoms with Crippen LogP contribution >= 0.6 is 11.8 Å². The molecule has 0 spiro atoms. The van der Waals surface area contributed by atoms with E-state index < -0.39 is 0 Å². The van der Waals surface area contributed by atoms with Crippen LogP contribution in [-0.2, 0) is 4.74 Å². The topological polar surface area (TPSA) is 35.2 Å². The van der Waals surface area contributed by atoms with Crippen molar-refractivity contribution in [2.75, 3.05) is 19.0 Å². The SMILES string of the molecule is Cc1ccc(C)c(SCC(N)C2CCOC2)c1. The number of benzene rings is 1. The van der Waals surface area contributed by atoms with Crippen molar-refractivity contribution in [1.82, 2.24) is 0 Å². The molecule has 1 fully saturated rings. The minimum atomic E-state index is 0.252. The van der Waals surface area contributed by atoms with Gasteiger partial charge in [0.2, 0.25) is 0 Å². The second kappa shape index (κ2) is 5.89. The van der Waals surface area contributed by atoms with Gasteiger partial charge in [0.05, 0.1) is 6.61 Å². The van der Waals surface area contributed by atoms with E-state index in [2.05, 4.69) is 32.0 Å². The highest BCUT2D eigenvalue weighted by molar-refractivity contribution is 7.99. The average molecular weight is 251 g/mol. The summed E-state index contributed by atoms with van der Waals surface area (Å²) in [5.74, 6) is 1.53. The highest BCUT2D eigenvalue weighted by Gasteiger charge is 2.22. The Morgan fingerprint density at radius 2 is 2.29 bits per heavy atom. The van der Waals surface area contributed by atoms with Gasteiger partial charge in [-0.2, -0.15) is 0 Å². The van der Waals surface area contributed by atoms with Crippen LogP contribution in [0.25, 0.3) is 0 Å². The number of hydrogen-bond acceptors (Lipinski definition) is 3. The third-order valence-corrected chi connectivity index (χ3v) is 4.65. The summed E-state index contributed by atoms with van der Waals surface area (Å²) in [6.45, 7) is 6.02. The van der Waals surface area contributed by atoms with Crippen molar-refractivity contribution in [1.29, 1.82) is 0 Å². The summed E-state index contributed by atoms with van der Waals surface area (Å²) in [7, 11) is 0. The number of hydrogen-bond donors (Lipinski definition) is 1. The Balaban J connectivity index is 1.90. The molecular weight excluding hydrogens is 230 g/mol. The van der Waals surface area contributed by atoms with E-state index in [9.17, 15) is 0 Å². The van der Waals surface area contributed by atoms with E-state index in [0.29, 0.717) is 5.92 Å². The minimum absolute atomic E-state index is 0.252. The Hall–Kier alpha value is -0.510. The van der Waals surface area contributed by atoms with E-state index in [4.69, 9.17) is 10.5 Å². The Morgan fingerprint density at radius 3 is 3.00 bits per heavy atom. The van der Waals surface area contributed by atoms with Gasteiger partial charge in [-0.25, -0.2) is 0 Å². The van der Waals surface area contributed by atoms with Crippen LogP contribution in [-0.4, -0.2) is 25.0 Å². The molecule has 0 bridgehead atoms. The second-order valence-electron chi connectivity index (χ2n) is 4.87. The minimum Gasteiger partial charge on any atom is -0.381 e. The molecule has 1 saturated heterocycles. The van der Waals surface area contributed by atoms with Gasteiger partial charge in [0, 0.05) is 29.2 Å². The standard InChI is InChI=1S/C14H21NOS/c1-10-3-4-11(2)14(7-10)17-9-13(15)12-5-6-16-8-12/h3-4,7,12-13H,5-6,8-9,15H2,1-2H3. The van der Waals surface area contributed by atoms with Gasteiger partial charge in [-0.1, -0.05) is 17.7 Å². The van der Waals surface area contributed by atoms with Crippen LogP contribution in [0.15, 0.2) is 23.1 Å². The molecule has 94 valence electrons. The molecule has 2 unspecified atom stereocenters. The molecule has 0 aliphatic carbocycles. The van der Waals surface area contributed by atoms with Crippen LogP contribution in [0.3, 0.4) is 0 Å². The maximum atomic E-state index is 6.21. The van der Waals surface area contributed by atoms with Crippen LogP contribution in [0.2, 0.25) is 0 Å². The molecule has 1 aromatic rings. The fraction of sp³-hybridized carbons (Fsp3) is 0.571. The third kappa shape index (κ3) is 3.47. The predicted molar refractivity (Wildman–Crippen MR) is 73.5 cm³/mol. The molecule has 0 amide bonds. The molecule has 1 aromatic carbocycles. The summed E-state index contributed by atoms with van der Waals surface area (Å²) in [6.07, 6.45) is 1.12. The molecule has 1 aliphatic heterocycles. The number of ether oxygens (including phenoxy) is 1. The molecule has 2 atom stereocenters. The lowest BCUT2D eigenvalue weighted by Crippen LogP contribution is -2.32. The predicted octanol–water partition coefficient (Wildman–Crippen LogP) is 2.76. The molecule has 1 heterocycles. The van der Waals surface area contributed by atoms with E-state index in [-0.39, 0.29) is 6.04 Å². The van der Waals surface area contributed by atoms with E-state index in [1.807, 2.05) is 11.8 Å². The van der Waals surface area contributed by atoms with Gasteiger partial charge in [0.1, 0.15) is 0 Å². The lowest BCUT2D eigenvalue weighted by atomic mass is 10.0. The van der Waals surface area contributed by atoms with Crippen molar-refractivity contribution >= 4 is 11.8 Å². The van der Waals surface area contributed by atoms with Gasteiger partial charge < -0.3 is 10.5 Å². The summed E-state index contributed by atoms with van der Waals surface area (Å²) in [4.78, 5) is 1.36. The normalized spacial score (nSPS) is 21.7. The van der Waals surface area contributed by atoms with E-state index in [0.717, 1.165) is 25.4 Å². The maximum absolute atomic E-state index is 6.21. The molecule has 3 heteroatoms. The zero-order chi connectivity index (χ0) is 12.3. The fourth-order valence-corrected chi connectivity index (χ4v) is 3.28. The average Bonchev–Trinajstić information content (AvgIpc) is 2.83. The molecule has 2 rings (SSSR count). The first-order valence-corrected chi connectivity index (χ1v) is 7.19. The highest BCUT2D eigenvalue weighted by atomic mass is 32.2. The molecular formula is C14H21NOS. The number of aryl methyl sites for hydroxylation is 2. The maximum Gasteiger partial charge on any atom is 0.0510 e. The smallest absolute Gasteiger partial charge is 0.0510 e. The lowest BCUT2D eigenvalue weighted by molar-refractivity contribution is 0.182. The number of thioether (sulfide) groups is 1. The van der Waals surface area contributed by atoms with Crippen LogP contribution < -0.4 is 5.73 Å². The molecule has 17 heavy (non-hydrogen) atoms. The fourth-order valence-electron chi connectivity index (χ4n) is 2.08. The van der Waals surface area contributed by atoms with E-state index in [1.54, 1.807) is 0 Å². The van der Waals surface area contributed by atoms with Gasteiger partial charge in [0.15, 0.2) is 0 Å². The quantitative estimate of drug-likeness (QED) is 0.836. The molecule has 0 radical (unpaired) electrons. The van der Waals surface area contributed by atoms with Crippen molar-refractivity contribution < 1.29 is 4.74 Å². The zero-order valence-electron chi connectivity index (χ0n) is 10.6. The van der Waals surface area contributed by atoms with Crippen LogP contribution in [0.1, 0.15) is 17.5 Å². The summed E-state index contributed by atoms with van der Waals surface area (Å²) in [5, 5.41) is 0. The second-order valence-corrected chi connectivity index (χ2v) is 5.93. The largest absolute Gasteiger partial charge is 0.381 e. The first kappa shape index (κ1) is 12.9. The monoisotopic (exact) mass is 251 g/mol. The molecule has 0 aromatic heterocycles. The van der Waals surface area contributed by atoms with Gasteiger partial charge in [-0.3, -0.25) is 0 Å². The van der Waals surface area contributed by atoms with Crippen LogP contribution in [0.4, 0.5) is 0 Å². The van der Waals surface area contributed by atoms with Crippen molar-refractivity contribution in [3.05, 3.63) is 29.3 Å². The first-order valence-electron chi connectivity index (χ1n) is 6.20.